The van der Waals surface area contributed by atoms with Gasteiger partial charge in [0.15, 0.2) is 11.5 Å². The van der Waals surface area contributed by atoms with Crippen LogP contribution in [0.25, 0.3) is 0 Å². The zero-order chi connectivity index (χ0) is 20.5. The molecule has 0 aromatic heterocycles. The Balaban J connectivity index is 1.71. The van der Waals surface area contributed by atoms with Crippen molar-refractivity contribution in [2.75, 3.05) is 41.5 Å². The van der Waals surface area contributed by atoms with E-state index in [1.54, 1.807) is 21.3 Å². The highest BCUT2D eigenvalue weighted by Crippen LogP contribution is 2.48. The van der Waals surface area contributed by atoms with E-state index >= 15 is 0 Å². The van der Waals surface area contributed by atoms with Gasteiger partial charge in [-0.2, -0.15) is 0 Å². The molecule has 4 atom stereocenters. The second-order valence-electron chi connectivity index (χ2n) is 8.82. The fourth-order valence-electron chi connectivity index (χ4n) is 4.97. The molecule has 1 N–H and O–H groups in total. The summed E-state index contributed by atoms with van der Waals surface area (Å²) in [7, 11) is 7.10. The largest absolute Gasteiger partial charge is 0.493 e. The molecule has 1 aromatic rings. The minimum atomic E-state index is -0.872. The van der Waals surface area contributed by atoms with E-state index in [1.807, 2.05) is 12.1 Å². The van der Waals surface area contributed by atoms with E-state index in [-0.39, 0.29) is 23.7 Å². The standard InChI is InChI=1S/C22H35NO5/c1-21(2)13-16-12-19(27-6)20(22(16,24)14-28-21)23(3)10-9-15-7-8-17(25-4)18(11-15)26-5/h7-8,11,16,19-20,24H,9-10,12-14H2,1-6H3/t16-,19-,20+,22+/m1/s1. The molecular weight excluding hydrogens is 358 g/mol. The third-order valence-electron chi connectivity index (χ3n) is 6.50. The van der Waals surface area contributed by atoms with Gasteiger partial charge in [-0.3, -0.25) is 4.90 Å². The van der Waals surface area contributed by atoms with E-state index < -0.39 is 5.60 Å². The summed E-state index contributed by atoms with van der Waals surface area (Å²) in [6.07, 6.45) is 2.56. The Kier molecular flexibility index (Phi) is 6.25. The average molecular weight is 394 g/mol. The maximum Gasteiger partial charge on any atom is 0.160 e. The van der Waals surface area contributed by atoms with Gasteiger partial charge < -0.3 is 24.1 Å². The molecule has 0 bridgehead atoms. The van der Waals surface area contributed by atoms with Crippen molar-refractivity contribution in [2.24, 2.45) is 5.92 Å². The second-order valence-corrected chi connectivity index (χ2v) is 8.82. The molecular formula is C22H35NO5. The molecule has 0 radical (unpaired) electrons. The Morgan fingerprint density at radius 1 is 1.18 bits per heavy atom. The van der Waals surface area contributed by atoms with Crippen molar-refractivity contribution >= 4 is 0 Å². The molecule has 6 nitrogen and oxygen atoms in total. The van der Waals surface area contributed by atoms with Crippen LogP contribution in [0.3, 0.4) is 0 Å². The van der Waals surface area contributed by atoms with Gasteiger partial charge in [0, 0.05) is 13.7 Å². The Morgan fingerprint density at radius 3 is 2.54 bits per heavy atom. The first-order valence-corrected chi connectivity index (χ1v) is 10.0. The van der Waals surface area contributed by atoms with E-state index in [1.165, 1.54) is 5.56 Å². The van der Waals surface area contributed by atoms with Crippen LogP contribution in [0.15, 0.2) is 18.2 Å². The third-order valence-corrected chi connectivity index (χ3v) is 6.50. The fourth-order valence-corrected chi connectivity index (χ4v) is 4.97. The molecule has 1 saturated heterocycles. The first-order valence-electron chi connectivity index (χ1n) is 10.0. The molecule has 0 amide bonds. The summed E-state index contributed by atoms with van der Waals surface area (Å²) >= 11 is 0. The predicted molar refractivity (Wildman–Crippen MR) is 108 cm³/mol. The lowest BCUT2D eigenvalue weighted by atomic mass is 9.78. The summed E-state index contributed by atoms with van der Waals surface area (Å²) in [5.41, 5.74) is 0.103. The van der Waals surface area contributed by atoms with Gasteiger partial charge in [-0.1, -0.05) is 6.07 Å². The van der Waals surface area contributed by atoms with Gasteiger partial charge >= 0.3 is 0 Å². The summed E-state index contributed by atoms with van der Waals surface area (Å²) in [6.45, 7) is 5.36. The first-order chi connectivity index (χ1) is 13.2. The zero-order valence-electron chi connectivity index (χ0n) is 18.0. The van der Waals surface area contributed by atoms with Crippen LogP contribution in [0.1, 0.15) is 32.3 Å². The fraction of sp³-hybridized carbons (Fsp3) is 0.727. The second kappa shape index (κ2) is 8.19. The lowest BCUT2D eigenvalue weighted by Crippen LogP contribution is -2.61. The van der Waals surface area contributed by atoms with Gasteiger partial charge in [0.05, 0.1) is 38.6 Å². The molecule has 1 aliphatic heterocycles. The van der Waals surface area contributed by atoms with Crippen molar-refractivity contribution in [2.45, 2.75) is 56.5 Å². The summed E-state index contributed by atoms with van der Waals surface area (Å²) in [5, 5.41) is 11.5. The average Bonchev–Trinajstić information content (AvgIpc) is 2.96. The Labute approximate surface area is 168 Å². The van der Waals surface area contributed by atoms with Crippen LogP contribution >= 0.6 is 0 Å². The summed E-state index contributed by atoms with van der Waals surface area (Å²) < 4.78 is 22.5. The maximum absolute atomic E-state index is 11.5. The lowest BCUT2D eigenvalue weighted by Gasteiger charge is -2.47. The molecule has 158 valence electrons. The van der Waals surface area contributed by atoms with Gasteiger partial charge in [-0.25, -0.2) is 0 Å². The molecule has 6 heteroatoms. The highest BCUT2D eigenvalue weighted by atomic mass is 16.5. The van der Waals surface area contributed by atoms with Gasteiger partial charge in [0.2, 0.25) is 0 Å². The number of methoxy groups -OCH3 is 3. The molecule has 3 rings (SSSR count). The van der Waals surface area contributed by atoms with E-state index in [4.69, 9.17) is 18.9 Å². The van der Waals surface area contributed by atoms with Crippen molar-refractivity contribution in [1.82, 2.24) is 4.90 Å². The Bertz CT molecular complexity index is 679. The monoisotopic (exact) mass is 393 g/mol. The van der Waals surface area contributed by atoms with Crippen molar-refractivity contribution in [3.8, 4) is 11.5 Å². The van der Waals surface area contributed by atoms with Crippen LogP contribution in [0.4, 0.5) is 0 Å². The van der Waals surface area contributed by atoms with Gasteiger partial charge in [0.25, 0.3) is 0 Å². The van der Waals surface area contributed by atoms with E-state index in [2.05, 4.69) is 31.9 Å². The van der Waals surface area contributed by atoms with Crippen LogP contribution in [-0.2, 0) is 15.9 Å². The topological polar surface area (TPSA) is 60.4 Å². The molecule has 1 aromatic carbocycles. The Morgan fingerprint density at radius 2 is 1.89 bits per heavy atom. The van der Waals surface area contributed by atoms with Crippen molar-refractivity contribution < 1.29 is 24.1 Å². The van der Waals surface area contributed by atoms with E-state index in [9.17, 15) is 5.11 Å². The number of likely N-dealkylation sites (N-methyl/N-ethyl adjacent to an activating group) is 1. The number of aliphatic hydroxyl groups is 1. The normalized spacial score (nSPS) is 31.6. The summed E-state index contributed by atoms with van der Waals surface area (Å²) in [4.78, 5) is 2.23. The smallest absolute Gasteiger partial charge is 0.160 e. The number of fused-ring (bicyclic) bond motifs is 1. The summed E-state index contributed by atoms with van der Waals surface area (Å²) in [6, 6.07) is 5.92. The number of hydrogen-bond acceptors (Lipinski definition) is 6. The minimum Gasteiger partial charge on any atom is -0.493 e. The molecule has 0 unspecified atom stereocenters. The molecule has 1 aliphatic carbocycles. The van der Waals surface area contributed by atoms with Crippen LogP contribution in [0.2, 0.25) is 0 Å². The number of ether oxygens (including phenoxy) is 4. The maximum atomic E-state index is 11.5. The molecule has 1 heterocycles. The van der Waals surface area contributed by atoms with Crippen LogP contribution in [0.5, 0.6) is 11.5 Å². The van der Waals surface area contributed by atoms with Gasteiger partial charge in [-0.05, 0) is 63.8 Å². The number of nitrogens with zero attached hydrogens (tertiary/aromatic N) is 1. The first kappa shape index (κ1) is 21.4. The highest BCUT2D eigenvalue weighted by molar-refractivity contribution is 5.43. The minimum absolute atomic E-state index is 0.00269. The van der Waals surface area contributed by atoms with Crippen molar-refractivity contribution in [1.29, 1.82) is 0 Å². The molecule has 2 fully saturated rings. The predicted octanol–water partition coefficient (Wildman–Crippen LogP) is 2.51. The number of hydrogen-bond donors (Lipinski definition) is 1. The van der Waals surface area contributed by atoms with E-state index in [0.29, 0.717) is 6.61 Å². The lowest BCUT2D eigenvalue weighted by molar-refractivity contribution is -0.196. The number of benzene rings is 1. The Hall–Kier alpha value is -1.34. The van der Waals surface area contributed by atoms with E-state index in [0.717, 1.165) is 37.3 Å². The molecule has 0 spiro atoms. The SMILES string of the molecule is COc1ccc(CCN(C)[C@H]2[C@H](OC)C[C@@H]3CC(C)(C)OC[C@]32O)cc1OC. The van der Waals surface area contributed by atoms with Crippen molar-refractivity contribution in [3.05, 3.63) is 23.8 Å². The van der Waals surface area contributed by atoms with Gasteiger partial charge in [0.1, 0.15) is 5.60 Å². The van der Waals surface area contributed by atoms with Crippen LogP contribution in [0, 0.1) is 5.92 Å². The quantitative estimate of drug-likeness (QED) is 0.768. The highest BCUT2D eigenvalue weighted by Gasteiger charge is 2.59. The van der Waals surface area contributed by atoms with Crippen LogP contribution < -0.4 is 9.47 Å². The van der Waals surface area contributed by atoms with Gasteiger partial charge in [-0.15, -0.1) is 0 Å². The zero-order valence-corrected chi connectivity index (χ0v) is 18.0. The molecule has 28 heavy (non-hydrogen) atoms. The van der Waals surface area contributed by atoms with Crippen LogP contribution in [-0.4, -0.2) is 74.9 Å². The molecule has 1 saturated carbocycles. The summed E-state index contributed by atoms with van der Waals surface area (Å²) in [5.74, 6) is 1.66. The van der Waals surface area contributed by atoms with Crippen molar-refractivity contribution in [3.63, 3.8) is 0 Å². The third kappa shape index (κ3) is 4.01. The molecule has 2 aliphatic rings. The number of rotatable bonds is 7.